The van der Waals surface area contributed by atoms with Crippen LogP contribution >= 0.6 is 0 Å². The predicted octanol–water partition coefficient (Wildman–Crippen LogP) is 4.73. The predicted molar refractivity (Wildman–Crippen MR) is 145 cm³/mol. The molecule has 0 atom stereocenters. The molecule has 204 valence electrons. The van der Waals surface area contributed by atoms with Gasteiger partial charge < -0.3 is 19.6 Å². The lowest BCUT2D eigenvalue weighted by Gasteiger charge is -2.20. The number of benzene rings is 2. The summed E-state index contributed by atoms with van der Waals surface area (Å²) in [6.45, 7) is 6.52. The number of hydrazine groups is 2. The Morgan fingerprint density at radius 1 is 0.811 bits per heavy atom. The molecule has 1 amide bonds. The Balaban J connectivity index is 0.000000397. The fourth-order valence-corrected chi connectivity index (χ4v) is 3.02. The molecule has 2 aromatic rings. The highest BCUT2D eigenvalue weighted by Crippen LogP contribution is 2.14. The van der Waals surface area contributed by atoms with E-state index in [1.165, 1.54) is 0 Å². The van der Waals surface area contributed by atoms with Gasteiger partial charge in [0.25, 0.3) is 0 Å². The average molecular weight is 517 g/mol. The molecule has 37 heavy (non-hydrogen) atoms. The summed E-state index contributed by atoms with van der Waals surface area (Å²) in [4.78, 5) is 35.2. The molecule has 0 unspecified atom stereocenters. The Labute approximate surface area is 219 Å². The monoisotopic (exact) mass is 516 g/mol. The molecule has 2 aromatic carbocycles. The molecule has 5 N–H and O–H groups in total. The van der Waals surface area contributed by atoms with E-state index < -0.39 is 11.7 Å². The quantitative estimate of drug-likeness (QED) is 0.129. The Kier molecular flexibility index (Phi) is 14.6. The number of ketones is 2. The highest BCUT2D eigenvalue weighted by atomic mass is 16.6. The number of nitrogens with two attached hydrogens (primary N) is 1. The largest absolute Gasteiger partial charge is 0.443 e. The number of nitrogen functional groups attached to an aromatic ring is 1. The van der Waals surface area contributed by atoms with Crippen molar-refractivity contribution in [2.75, 3.05) is 38.3 Å². The number of hydrogen-bond donors (Lipinski definition) is 4. The fraction of sp³-hybridized carbons (Fsp3) is 0.444. The number of Topliss-reactive ketones (excluding diaryl/α,β-unsaturated/α-hetero) is 2. The lowest BCUT2D eigenvalue weighted by Crippen LogP contribution is -2.35. The van der Waals surface area contributed by atoms with Crippen molar-refractivity contribution in [1.29, 1.82) is 0 Å². The second-order valence-electron chi connectivity index (χ2n) is 9.10. The summed E-state index contributed by atoms with van der Waals surface area (Å²) in [6, 6.07) is 14.1. The van der Waals surface area contributed by atoms with Crippen molar-refractivity contribution in [3.05, 3.63) is 59.7 Å². The summed E-state index contributed by atoms with van der Waals surface area (Å²) >= 11 is 0. The normalized spacial score (nSPS) is 10.5. The lowest BCUT2D eigenvalue weighted by atomic mass is 10.1. The molecular weight excluding hydrogens is 476 g/mol. The summed E-state index contributed by atoms with van der Waals surface area (Å²) in [7, 11) is 3.24. The lowest BCUT2D eigenvalue weighted by molar-refractivity contribution is 0.0540. The van der Waals surface area contributed by atoms with Gasteiger partial charge in [0.1, 0.15) is 5.60 Å². The van der Waals surface area contributed by atoms with E-state index in [0.29, 0.717) is 49.3 Å². The maximum Gasteiger partial charge on any atom is 0.426 e. The van der Waals surface area contributed by atoms with Gasteiger partial charge in [-0.15, -0.1) is 0 Å². The van der Waals surface area contributed by atoms with Crippen LogP contribution in [0.4, 0.5) is 16.2 Å². The van der Waals surface area contributed by atoms with Gasteiger partial charge in [0.2, 0.25) is 0 Å². The van der Waals surface area contributed by atoms with Crippen LogP contribution in [0.15, 0.2) is 48.5 Å². The van der Waals surface area contributed by atoms with E-state index in [0.717, 1.165) is 12.1 Å². The summed E-state index contributed by atoms with van der Waals surface area (Å²) in [5.41, 5.74) is 9.74. The third-order valence-electron chi connectivity index (χ3n) is 4.75. The van der Waals surface area contributed by atoms with E-state index in [9.17, 15) is 14.4 Å². The molecule has 10 heteroatoms. The van der Waals surface area contributed by atoms with Gasteiger partial charge in [-0.1, -0.05) is 24.3 Å². The Morgan fingerprint density at radius 3 is 1.76 bits per heavy atom. The van der Waals surface area contributed by atoms with E-state index in [1.807, 2.05) is 6.07 Å². The summed E-state index contributed by atoms with van der Waals surface area (Å²) in [5.74, 6) is 5.41. The van der Waals surface area contributed by atoms with E-state index in [1.54, 1.807) is 77.5 Å². The van der Waals surface area contributed by atoms with Crippen LogP contribution in [0.5, 0.6) is 0 Å². The standard InChI is InChI=1S/C16H24N2O4.C11H16N2O2/c1-16(2,3)22-15(20)18-17-13-8-5-7-12(11-13)14(19)9-6-10-21-4;1-15-7-3-6-11(14)9-4-2-5-10(8-9)13-12/h5,7-8,11,17H,6,9-10H2,1-4H3,(H,18,20);2,4-5,8,13H,3,6-7,12H2,1H3. The van der Waals surface area contributed by atoms with E-state index in [2.05, 4.69) is 16.3 Å². The molecule has 0 aliphatic heterocycles. The SMILES string of the molecule is COCCCC(=O)c1cccc(NN)c1.COCCCC(=O)c1cccc(NNC(=O)OC(C)(C)C)c1. The van der Waals surface area contributed by atoms with E-state index in [-0.39, 0.29) is 11.6 Å². The van der Waals surface area contributed by atoms with Crippen molar-refractivity contribution in [1.82, 2.24) is 5.43 Å². The molecule has 2 rings (SSSR count). The average Bonchev–Trinajstić information content (AvgIpc) is 2.87. The smallest absolute Gasteiger partial charge is 0.426 e. The van der Waals surface area contributed by atoms with Crippen LogP contribution in [-0.4, -0.2) is 50.7 Å². The van der Waals surface area contributed by atoms with Crippen LogP contribution in [0.1, 0.15) is 67.2 Å². The fourth-order valence-electron chi connectivity index (χ4n) is 3.02. The molecule has 0 saturated heterocycles. The minimum absolute atomic E-state index is 0.0398. The molecule has 0 radical (unpaired) electrons. The van der Waals surface area contributed by atoms with Crippen molar-refractivity contribution in [2.45, 2.75) is 52.1 Å². The van der Waals surface area contributed by atoms with Crippen LogP contribution in [0.2, 0.25) is 0 Å². The van der Waals surface area contributed by atoms with Crippen molar-refractivity contribution < 1.29 is 28.6 Å². The number of nitrogens with one attached hydrogen (secondary N) is 3. The van der Waals surface area contributed by atoms with Gasteiger partial charge in [-0.25, -0.2) is 10.2 Å². The van der Waals surface area contributed by atoms with Gasteiger partial charge in [0, 0.05) is 57.1 Å². The molecular formula is C27H40N4O6. The summed E-state index contributed by atoms with van der Waals surface area (Å²) < 4.78 is 14.9. The van der Waals surface area contributed by atoms with Crippen LogP contribution in [-0.2, 0) is 14.2 Å². The van der Waals surface area contributed by atoms with Gasteiger partial charge in [0.15, 0.2) is 11.6 Å². The maximum atomic E-state index is 12.0. The highest BCUT2D eigenvalue weighted by Gasteiger charge is 2.16. The second kappa shape index (κ2) is 17.1. The minimum atomic E-state index is -0.579. The van der Waals surface area contributed by atoms with Crippen molar-refractivity contribution >= 4 is 29.0 Å². The van der Waals surface area contributed by atoms with E-state index >= 15 is 0 Å². The van der Waals surface area contributed by atoms with Gasteiger partial charge in [-0.2, -0.15) is 0 Å². The first-order chi connectivity index (χ1) is 17.6. The topological polar surface area (TPSA) is 141 Å². The molecule has 0 bridgehead atoms. The summed E-state index contributed by atoms with van der Waals surface area (Å²) in [5, 5.41) is 0. The van der Waals surface area contributed by atoms with Crippen LogP contribution in [0.25, 0.3) is 0 Å². The van der Waals surface area contributed by atoms with Gasteiger partial charge in [0.05, 0.1) is 5.69 Å². The number of amides is 1. The summed E-state index contributed by atoms with van der Waals surface area (Å²) in [6.07, 6.45) is 1.78. The number of carbonyl (C=O) groups excluding carboxylic acids is 3. The number of hydrogen-bond acceptors (Lipinski definition) is 9. The first-order valence-corrected chi connectivity index (χ1v) is 12.1. The zero-order chi connectivity index (χ0) is 27.7. The van der Waals surface area contributed by atoms with Gasteiger partial charge in [-0.05, 0) is 57.9 Å². The molecule has 0 heterocycles. The number of ether oxygens (including phenoxy) is 3. The number of rotatable bonds is 13. The third-order valence-corrected chi connectivity index (χ3v) is 4.75. The van der Waals surface area contributed by atoms with Crippen LogP contribution in [0, 0.1) is 0 Å². The Bertz CT molecular complexity index is 991. The molecule has 0 saturated carbocycles. The van der Waals surface area contributed by atoms with Crippen LogP contribution < -0.4 is 22.1 Å². The molecule has 0 aromatic heterocycles. The molecule has 0 spiro atoms. The zero-order valence-corrected chi connectivity index (χ0v) is 22.4. The van der Waals surface area contributed by atoms with Crippen molar-refractivity contribution in [3.8, 4) is 0 Å². The van der Waals surface area contributed by atoms with Gasteiger partial charge in [-0.3, -0.25) is 20.9 Å². The molecule has 10 nitrogen and oxygen atoms in total. The zero-order valence-electron chi connectivity index (χ0n) is 22.4. The molecule has 0 fully saturated rings. The maximum absolute atomic E-state index is 12.0. The number of anilines is 2. The third kappa shape index (κ3) is 14.0. The first-order valence-electron chi connectivity index (χ1n) is 12.1. The van der Waals surface area contributed by atoms with Crippen molar-refractivity contribution in [3.63, 3.8) is 0 Å². The minimum Gasteiger partial charge on any atom is -0.443 e. The first kappa shape index (κ1) is 31.6. The Morgan fingerprint density at radius 2 is 1.30 bits per heavy atom. The molecule has 0 aliphatic rings. The van der Waals surface area contributed by atoms with Crippen molar-refractivity contribution in [2.24, 2.45) is 5.84 Å². The Hall–Kier alpha value is -3.47. The van der Waals surface area contributed by atoms with Gasteiger partial charge >= 0.3 is 6.09 Å². The number of carbonyl (C=O) groups is 3. The van der Waals surface area contributed by atoms with E-state index in [4.69, 9.17) is 20.1 Å². The molecule has 0 aliphatic carbocycles. The van der Waals surface area contributed by atoms with Crippen LogP contribution in [0.3, 0.4) is 0 Å². The highest BCUT2D eigenvalue weighted by molar-refractivity contribution is 5.97. The number of methoxy groups -OCH3 is 2. The second-order valence-corrected chi connectivity index (χ2v) is 9.10.